The van der Waals surface area contributed by atoms with Gasteiger partial charge in [0, 0.05) is 18.1 Å². The lowest BCUT2D eigenvalue weighted by Crippen LogP contribution is -2.08. The maximum absolute atomic E-state index is 12.3. The van der Waals surface area contributed by atoms with E-state index in [0.29, 0.717) is 54.9 Å². The molecule has 238 valence electrons. The van der Waals surface area contributed by atoms with E-state index in [1.807, 2.05) is 66.7 Å². The minimum atomic E-state index is -0.451. The number of carbonyl (C=O) groups is 1. The molecule has 0 saturated carbocycles. The molecule has 1 aromatic heterocycles. The summed E-state index contributed by atoms with van der Waals surface area (Å²) in [4.78, 5) is 16.6. The lowest BCUT2D eigenvalue weighted by atomic mass is 10.1. The van der Waals surface area contributed by atoms with E-state index in [9.17, 15) is 4.79 Å². The Morgan fingerprint density at radius 3 is 2.26 bits per heavy atom. The Hall–Kier alpha value is -5.24. The number of aromatic nitrogens is 1. The molecule has 0 aliphatic carbocycles. The number of hydrogen-bond donors (Lipinski definition) is 0. The molecule has 8 nitrogen and oxygen atoms in total. The highest BCUT2D eigenvalue weighted by molar-refractivity contribution is 5.92. The van der Waals surface area contributed by atoms with Gasteiger partial charge >= 0.3 is 5.97 Å². The fourth-order valence-corrected chi connectivity index (χ4v) is 5.04. The third-order valence-electron chi connectivity index (χ3n) is 7.35. The van der Waals surface area contributed by atoms with Crippen LogP contribution < -0.4 is 18.9 Å². The quantitative estimate of drug-likeness (QED) is 0.0797. The molecule has 0 unspecified atom stereocenters. The zero-order valence-corrected chi connectivity index (χ0v) is 26.5. The summed E-state index contributed by atoms with van der Waals surface area (Å²) in [6.07, 6.45) is 6.27. The molecule has 1 heterocycles. The number of benzene rings is 4. The number of oxazole rings is 1. The Morgan fingerprint density at radius 2 is 1.52 bits per heavy atom. The standard InChI is InChI=1S/C38H39NO7/c1-4-13-29-32(18-11-19-33(29)46-34-17-10-9-16-30(34)38(40)41-3)42-21-12-22-43-35-25-36(45-26-27-14-7-6-8-15-27)31(24-28(35)5-2)37-39-20-23-44-37/h6-11,14-20,23-25H,4-5,12-13,21-22,26H2,1-3H3. The summed E-state index contributed by atoms with van der Waals surface area (Å²) >= 11 is 0. The molecular formula is C38H39NO7. The van der Waals surface area contributed by atoms with Crippen molar-refractivity contribution in [1.29, 1.82) is 0 Å². The molecule has 0 amide bonds. The molecule has 0 spiro atoms. The van der Waals surface area contributed by atoms with Gasteiger partial charge in [0.2, 0.25) is 5.89 Å². The fourth-order valence-electron chi connectivity index (χ4n) is 5.04. The number of methoxy groups -OCH3 is 1. The second-order valence-electron chi connectivity index (χ2n) is 10.5. The Kier molecular flexibility index (Phi) is 11.3. The van der Waals surface area contributed by atoms with Gasteiger partial charge in [0.1, 0.15) is 47.2 Å². The third-order valence-corrected chi connectivity index (χ3v) is 7.35. The molecule has 5 rings (SSSR count). The third kappa shape index (κ3) is 8.07. The second-order valence-corrected chi connectivity index (χ2v) is 10.5. The molecule has 8 heteroatoms. The molecule has 0 bridgehead atoms. The summed E-state index contributed by atoms with van der Waals surface area (Å²) in [5.41, 5.74) is 4.19. The predicted molar refractivity (Wildman–Crippen MR) is 176 cm³/mol. The van der Waals surface area contributed by atoms with Crippen LogP contribution in [0.25, 0.3) is 11.5 Å². The monoisotopic (exact) mass is 621 g/mol. The van der Waals surface area contributed by atoms with Gasteiger partial charge in [0.15, 0.2) is 0 Å². The van der Waals surface area contributed by atoms with Gasteiger partial charge in [-0.1, -0.05) is 68.8 Å². The van der Waals surface area contributed by atoms with Gasteiger partial charge in [-0.2, -0.15) is 0 Å². The first-order valence-corrected chi connectivity index (χ1v) is 15.6. The van der Waals surface area contributed by atoms with Gasteiger partial charge in [0.05, 0.1) is 32.1 Å². The topological polar surface area (TPSA) is 89.3 Å². The van der Waals surface area contributed by atoms with Gasteiger partial charge < -0.3 is 28.1 Å². The summed E-state index contributed by atoms with van der Waals surface area (Å²) in [6, 6.07) is 26.7. The molecule has 5 aromatic rings. The average Bonchev–Trinajstić information content (AvgIpc) is 3.64. The number of hydrogen-bond acceptors (Lipinski definition) is 8. The van der Waals surface area contributed by atoms with E-state index in [-0.39, 0.29) is 0 Å². The largest absolute Gasteiger partial charge is 0.493 e. The van der Waals surface area contributed by atoms with Crippen LogP contribution in [-0.4, -0.2) is 31.3 Å². The highest BCUT2D eigenvalue weighted by Crippen LogP contribution is 2.37. The van der Waals surface area contributed by atoms with Crippen molar-refractivity contribution in [2.75, 3.05) is 20.3 Å². The van der Waals surface area contributed by atoms with Crippen LogP contribution in [0.5, 0.6) is 28.7 Å². The molecule has 0 radical (unpaired) electrons. The molecule has 0 aliphatic heterocycles. The first-order valence-electron chi connectivity index (χ1n) is 15.6. The van der Waals surface area contributed by atoms with Crippen LogP contribution >= 0.6 is 0 Å². The lowest BCUT2D eigenvalue weighted by Gasteiger charge is -2.18. The number of ether oxygens (including phenoxy) is 5. The van der Waals surface area contributed by atoms with E-state index in [1.54, 1.807) is 30.7 Å². The summed E-state index contributed by atoms with van der Waals surface area (Å²) in [6.45, 7) is 5.50. The Balaban J connectivity index is 1.25. The van der Waals surface area contributed by atoms with Crippen molar-refractivity contribution in [3.8, 4) is 40.2 Å². The van der Waals surface area contributed by atoms with Crippen molar-refractivity contribution in [2.24, 2.45) is 0 Å². The van der Waals surface area contributed by atoms with E-state index < -0.39 is 5.97 Å². The SMILES string of the molecule is CCCc1c(OCCCOc2cc(OCc3ccccc3)c(-c3ncco3)cc2CC)cccc1Oc1ccccc1C(=O)OC. The van der Waals surface area contributed by atoms with Crippen molar-refractivity contribution < 1.29 is 32.9 Å². The molecule has 46 heavy (non-hydrogen) atoms. The van der Waals surface area contributed by atoms with Gasteiger partial charge in [-0.15, -0.1) is 0 Å². The van der Waals surface area contributed by atoms with Gasteiger partial charge in [-0.3, -0.25) is 0 Å². The molecule has 0 N–H and O–H groups in total. The maximum Gasteiger partial charge on any atom is 0.341 e. The predicted octanol–water partition coefficient (Wildman–Crippen LogP) is 8.86. The lowest BCUT2D eigenvalue weighted by molar-refractivity contribution is 0.0598. The van der Waals surface area contributed by atoms with Crippen LogP contribution in [0.1, 0.15) is 53.7 Å². The van der Waals surface area contributed by atoms with Gasteiger partial charge in [0.25, 0.3) is 0 Å². The van der Waals surface area contributed by atoms with Crippen molar-refractivity contribution in [3.05, 3.63) is 120 Å². The normalized spacial score (nSPS) is 10.8. The highest BCUT2D eigenvalue weighted by Gasteiger charge is 2.18. The van der Waals surface area contributed by atoms with Gasteiger partial charge in [-0.05, 0) is 54.3 Å². The highest BCUT2D eigenvalue weighted by atomic mass is 16.5. The van der Waals surface area contributed by atoms with E-state index in [2.05, 4.69) is 18.8 Å². The molecular weight excluding hydrogens is 582 g/mol. The number of aryl methyl sites for hydroxylation is 1. The molecule has 0 aliphatic rings. The van der Waals surface area contributed by atoms with E-state index in [0.717, 1.165) is 53.0 Å². The number of esters is 1. The smallest absolute Gasteiger partial charge is 0.341 e. The summed E-state index contributed by atoms with van der Waals surface area (Å²) < 4.78 is 35.6. The number of nitrogens with zero attached hydrogens (tertiary/aromatic N) is 1. The average molecular weight is 622 g/mol. The molecule has 0 fully saturated rings. The fraction of sp³-hybridized carbons (Fsp3) is 0.263. The zero-order valence-electron chi connectivity index (χ0n) is 26.5. The Bertz CT molecular complexity index is 1700. The van der Waals surface area contributed by atoms with Crippen molar-refractivity contribution >= 4 is 5.97 Å². The Labute approximate surface area is 269 Å². The minimum Gasteiger partial charge on any atom is -0.493 e. The summed E-state index contributed by atoms with van der Waals surface area (Å²) in [5, 5.41) is 0. The number of rotatable bonds is 16. The van der Waals surface area contributed by atoms with E-state index >= 15 is 0 Å². The second kappa shape index (κ2) is 16.2. The van der Waals surface area contributed by atoms with Crippen molar-refractivity contribution in [3.63, 3.8) is 0 Å². The van der Waals surface area contributed by atoms with Crippen LogP contribution in [0.3, 0.4) is 0 Å². The minimum absolute atomic E-state index is 0.365. The summed E-state index contributed by atoms with van der Waals surface area (Å²) in [7, 11) is 1.36. The van der Waals surface area contributed by atoms with Gasteiger partial charge in [-0.25, -0.2) is 9.78 Å². The van der Waals surface area contributed by atoms with E-state index in [4.69, 9.17) is 28.1 Å². The van der Waals surface area contributed by atoms with Crippen LogP contribution in [0.2, 0.25) is 0 Å². The molecule has 4 aromatic carbocycles. The first kappa shape index (κ1) is 32.2. The molecule has 0 saturated heterocycles. The van der Waals surface area contributed by atoms with Crippen LogP contribution in [-0.2, 0) is 24.2 Å². The van der Waals surface area contributed by atoms with Crippen LogP contribution in [0, 0.1) is 0 Å². The molecule has 0 atom stereocenters. The maximum atomic E-state index is 12.3. The Morgan fingerprint density at radius 1 is 0.783 bits per heavy atom. The summed E-state index contributed by atoms with van der Waals surface area (Å²) in [5.74, 6) is 3.28. The number of para-hydroxylation sites is 1. The number of carbonyl (C=O) groups excluding carboxylic acids is 1. The van der Waals surface area contributed by atoms with Crippen LogP contribution in [0.15, 0.2) is 102 Å². The van der Waals surface area contributed by atoms with E-state index in [1.165, 1.54) is 7.11 Å². The van der Waals surface area contributed by atoms with Crippen molar-refractivity contribution in [2.45, 2.75) is 46.1 Å². The first-order chi connectivity index (χ1) is 22.6. The van der Waals surface area contributed by atoms with Crippen LogP contribution in [0.4, 0.5) is 0 Å². The van der Waals surface area contributed by atoms with Crippen molar-refractivity contribution in [1.82, 2.24) is 4.98 Å². The zero-order chi connectivity index (χ0) is 32.1.